The van der Waals surface area contributed by atoms with Crippen molar-refractivity contribution in [3.05, 3.63) is 0 Å². The van der Waals surface area contributed by atoms with Gasteiger partial charge in [0.2, 0.25) is 0 Å². The maximum Gasteiger partial charge on any atom is 0.00963 e. The van der Waals surface area contributed by atoms with E-state index in [9.17, 15) is 0 Å². The van der Waals surface area contributed by atoms with E-state index in [1.54, 1.807) is 0 Å². The van der Waals surface area contributed by atoms with Crippen molar-refractivity contribution < 1.29 is 0 Å². The van der Waals surface area contributed by atoms with Crippen LogP contribution in [0.4, 0.5) is 0 Å². The summed E-state index contributed by atoms with van der Waals surface area (Å²) in [6, 6.07) is 0. The van der Waals surface area contributed by atoms with Crippen LogP contribution in [0.5, 0.6) is 0 Å². The average molecular weight is 131 g/mol. The summed E-state index contributed by atoms with van der Waals surface area (Å²) in [4.78, 5) is 0. The van der Waals surface area contributed by atoms with Gasteiger partial charge in [-0.3, -0.25) is 0 Å². The fourth-order valence-electron chi connectivity index (χ4n) is 0.530. The fraction of sp³-hybridized carbons (Fsp3) is 1.00. The quantitative estimate of drug-likeness (QED) is 0.576. The number of hydrogen-bond donors (Lipinski definition) is 1. The zero-order valence-corrected chi connectivity index (χ0v) is 7.71. The molecule has 1 N–H and O–H groups in total. The smallest absolute Gasteiger partial charge is 0.00963 e. The zero-order chi connectivity index (χ0) is 7.91. The second-order valence-corrected chi connectivity index (χ2v) is 2.78. The minimum atomic E-state index is 0.300. The second-order valence-electron chi connectivity index (χ2n) is 2.78. The van der Waals surface area contributed by atoms with Crippen LogP contribution in [-0.4, -0.2) is 12.1 Å². The molecule has 0 heterocycles. The number of rotatable bonds is 1. The Bertz CT molecular complexity index is 43.0. The van der Waals surface area contributed by atoms with Crippen molar-refractivity contribution in [2.75, 3.05) is 6.54 Å². The molecular formula is C8H21N. The molecule has 0 unspecified atom stereocenters. The number of hydrogen-bond acceptors (Lipinski definition) is 1. The average Bonchev–Trinajstić information content (AvgIpc) is 1.69. The van der Waals surface area contributed by atoms with E-state index in [0.29, 0.717) is 5.54 Å². The van der Waals surface area contributed by atoms with E-state index in [1.165, 1.54) is 0 Å². The van der Waals surface area contributed by atoms with Crippen molar-refractivity contribution in [3.63, 3.8) is 0 Å². The van der Waals surface area contributed by atoms with Gasteiger partial charge < -0.3 is 5.32 Å². The Morgan fingerprint density at radius 2 is 1.44 bits per heavy atom. The molecule has 0 atom stereocenters. The zero-order valence-electron chi connectivity index (χ0n) is 7.71. The minimum absolute atomic E-state index is 0.300. The molecule has 0 aliphatic carbocycles. The third-order valence-electron chi connectivity index (χ3n) is 0.707. The lowest BCUT2D eigenvalue weighted by Crippen LogP contribution is -2.35. The van der Waals surface area contributed by atoms with Crippen molar-refractivity contribution in [1.82, 2.24) is 5.32 Å². The van der Waals surface area contributed by atoms with Crippen LogP contribution in [0.15, 0.2) is 0 Å². The molecule has 0 aromatic heterocycles. The predicted molar refractivity (Wildman–Crippen MR) is 44.8 cm³/mol. The number of nitrogens with one attached hydrogen (secondary N) is 1. The molecule has 9 heavy (non-hydrogen) atoms. The van der Waals surface area contributed by atoms with Crippen molar-refractivity contribution in [3.8, 4) is 0 Å². The van der Waals surface area contributed by atoms with Gasteiger partial charge in [-0.25, -0.2) is 0 Å². The van der Waals surface area contributed by atoms with Crippen LogP contribution >= 0.6 is 0 Å². The van der Waals surface area contributed by atoms with E-state index >= 15 is 0 Å². The van der Waals surface area contributed by atoms with Crippen LogP contribution in [0.2, 0.25) is 0 Å². The topological polar surface area (TPSA) is 12.0 Å². The van der Waals surface area contributed by atoms with Gasteiger partial charge in [-0.05, 0) is 27.3 Å². The lowest BCUT2D eigenvalue weighted by molar-refractivity contribution is 0.439. The molecular weight excluding hydrogens is 110 g/mol. The Morgan fingerprint density at radius 1 is 1.11 bits per heavy atom. The monoisotopic (exact) mass is 131 g/mol. The molecule has 0 aliphatic rings. The summed E-state index contributed by atoms with van der Waals surface area (Å²) in [5.74, 6) is 0. The van der Waals surface area contributed by atoms with Crippen LogP contribution in [0, 0.1) is 0 Å². The fourth-order valence-corrected chi connectivity index (χ4v) is 0.530. The van der Waals surface area contributed by atoms with Gasteiger partial charge in [-0.1, -0.05) is 20.8 Å². The summed E-state index contributed by atoms with van der Waals surface area (Å²) in [6.45, 7) is 13.7. The van der Waals surface area contributed by atoms with E-state index in [1.807, 2.05) is 13.8 Å². The van der Waals surface area contributed by atoms with Crippen molar-refractivity contribution in [1.29, 1.82) is 0 Å². The SMILES string of the molecule is CC.CCNC(C)(C)C. The predicted octanol–water partition coefficient (Wildman–Crippen LogP) is 2.42. The highest BCUT2D eigenvalue weighted by Gasteiger charge is 2.04. The Morgan fingerprint density at radius 3 is 1.44 bits per heavy atom. The third-order valence-corrected chi connectivity index (χ3v) is 0.707. The van der Waals surface area contributed by atoms with Crippen LogP contribution in [0.3, 0.4) is 0 Å². The lowest BCUT2D eigenvalue weighted by Gasteiger charge is -2.18. The summed E-state index contributed by atoms with van der Waals surface area (Å²) in [7, 11) is 0. The molecule has 0 rings (SSSR count). The molecule has 0 aromatic rings. The van der Waals surface area contributed by atoms with E-state index in [2.05, 4.69) is 33.0 Å². The third kappa shape index (κ3) is 18.0. The highest BCUT2D eigenvalue weighted by atomic mass is 14.9. The van der Waals surface area contributed by atoms with E-state index in [4.69, 9.17) is 0 Å². The molecule has 1 nitrogen and oxygen atoms in total. The van der Waals surface area contributed by atoms with E-state index in [-0.39, 0.29) is 0 Å². The normalized spacial score (nSPS) is 10.0. The van der Waals surface area contributed by atoms with Crippen molar-refractivity contribution in [2.24, 2.45) is 0 Å². The standard InChI is InChI=1S/C6H15N.C2H6/c1-5-7-6(2,3)4;1-2/h7H,5H2,1-4H3;1-2H3. The van der Waals surface area contributed by atoms with Crippen LogP contribution in [0.25, 0.3) is 0 Å². The van der Waals surface area contributed by atoms with Gasteiger partial charge in [0.1, 0.15) is 0 Å². The molecule has 0 spiro atoms. The van der Waals surface area contributed by atoms with Crippen LogP contribution in [0.1, 0.15) is 41.5 Å². The Labute approximate surface area is 59.8 Å². The first-order chi connectivity index (χ1) is 4.06. The Kier molecular flexibility index (Phi) is 7.92. The molecule has 0 fully saturated rings. The van der Waals surface area contributed by atoms with Crippen LogP contribution < -0.4 is 5.32 Å². The Balaban J connectivity index is 0. The van der Waals surface area contributed by atoms with Crippen LogP contribution in [-0.2, 0) is 0 Å². The van der Waals surface area contributed by atoms with Gasteiger partial charge >= 0.3 is 0 Å². The van der Waals surface area contributed by atoms with Crippen molar-refractivity contribution >= 4 is 0 Å². The summed E-state index contributed by atoms with van der Waals surface area (Å²) in [5, 5.41) is 3.28. The summed E-state index contributed by atoms with van der Waals surface area (Å²) in [5.41, 5.74) is 0.300. The summed E-state index contributed by atoms with van der Waals surface area (Å²) >= 11 is 0. The van der Waals surface area contributed by atoms with Gasteiger partial charge in [0.05, 0.1) is 0 Å². The Hall–Kier alpha value is -0.0400. The summed E-state index contributed by atoms with van der Waals surface area (Å²) in [6.07, 6.45) is 0. The highest BCUT2D eigenvalue weighted by molar-refractivity contribution is 4.67. The molecule has 0 saturated heterocycles. The molecule has 1 heteroatoms. The van der Waals surface area contributed by atoms with Gasteiger partial charge in [-0.2, -0.15) is 0 Å². The minimum Gasteiger partial charge on any atom is -0.312 e. The first kappa shape index (κ1) is 11.7. The van der Waals surface area contributed by atoms with Gasteiger partial charge in [0.25, 0.3) is 0 Å². The van der Waals surface area contributed by atoms with Gasteiger partial charge in [-0.15, -0.1) is 0 Å². The molecule has 0 aliphatic heterocycles. The van der Waals surface area contributed by atoms with E-state index in [0.717, 1.165) is 6.54 Å². The van der Waals surface area contributed by atoms with E-state index < -0.39 is 0 Å². The maximum atomic E-state index is 3.28. The first-order valence-corrected chi connectivity index (χ1v) is 3.81. The van der Waals surface area contributed by atoms with Crippen molar-refractivity contribution in [2.45, 2.75) is 47.1 Å². The summed E-state index contributed by atoms with van der Waals surface area (Å²) < 4.78 is 0. The first-order valence-electron chi connectivity index (χ1n) is 3.81. The molecule has 0 radical (unpaired) electrons. The largest absolute Gasteiger partial charge is 0.312 e. The van der Waals surface area contributed by atoms with Gasteiger partial charge in [0.15, 0.2) is 0 Å². The second kappa shape index (κ2) is 6.09. The molecule has 0 saturated carbocycles. The highest BCUT2D eigenvalue weighted by Crippen LogP contribution is 1.95. The molecule has 0 bridgehead atoms. The molecule has 0 amide bonds. The maximum absolute atomic E-state index is 3.28. The molecule has 0 aromatic carbocycles. The molecule has 58 valence electrons. The lowest BCUT2D eigenvalue weighted by atomic mass is 10.1. The van der Waals surface area contributed by atoms with Gasteiger partial charge in [0, 0.05) is 5.54 Å².